The molecular formula is C18H15N7O3. The number of nitrogens with zero attached hydrogens (tertiary/aromatic N) is 7. The van der Waals surface area contributed by atoms with Crippen molar-refractivity contribution < 1.29 is 0 Å². The summed E-state index contributed by atoms with van der Waals surface area (Å²) in [7, 11) is 1.58. The molecule has 0 spiro atoms. The van der Waals surface area contributed by atoms with Crippen molar-refractivity contribution in [3.05, 3.63) is 73.0 Å². The van der Waals surface area contributed by atoms with E-state index in [1.165, 1.54) is 15.3 Å². The molecule has 10 heteroatoms. The number of rotatable bonds is 3. The molecule has 3 heterocycles. The fourth-order valence-electron chi connectivity index (χ4n) is 3.23. The molecule has 0 saturated carbocycles. The molecule has 0 radical (unpaired) electrons. The SMILES string of the molecule is CCn1cc(C#N)c(=O)n(Cc2nnc3n(C)c(=O)c4ccccc4n23)c1=O. The van der Waals surface area contributed by atoms with Gasteiger partial charge in [0.15, 0.2) is 5.82 Å². The molecule has 0 fully saturated rings. The number of para-hydroxylation sites is 1. The summed E-state index contributed by atoms with van der Waals surface area (Å²) in [6.45, 7) is 1.87. The van der Waals surface area contributed by atoms with Crippen molar-refractivity contribution in [2.45, 2.75) is 20.0 Å². The van der Waals surface area contributed by atoms with Crippen molar-refractivity contribution >= 4 is 16.7 Å². The van der Waals surface area contributed by atoms with Crippen LogP contribution in [0.1, 0.15) is 18.3 Å². The summed E-state index contributed by atoms with van der Waals surface area (Å²) in [5.41, 5.74) is -1.02. The van der Waals surface area contributed by atoms with Gasteiger partial charge in [-0.1, -0.05) is 12.1 Å². The Bertz CT molecular complexity index is 1460. The highest BCUT2D eigenvalue weighted by molar-refractivity contribution is 5.80. The van der Waals surface area contributed by atoms with Crippen LogP contribution in [0.2, 0.25) is 0 Å². The van der Waals surface area contributed by atoms with Crippen molar-refractivity contribution in [1.82, 2.24) is 28.3 Å². The van der Waals surface area contributed by atoms with E-state index in [0.29, 0.717) is 29.0 Å². The topological polar surface area (TPSA) is 120 Å². The maximum Gasteiger partial charge on any atom is 0.331 e. The van der Waals surface area contributed by atoms with Crippen LogP contribution in [0.5, 0.6) is 0 Å². The van der Waals surface area contributed by atoms with Gasteiger partial charge in [-0.25, -0.2) is 4.79 Å². The average molecular weight is 377 g/mol. The molecule has 0 saturated heterocycles. The van der Waals surface area contributed by atoms with E-state index >= 15 is 0 Å². The Morgan fingerprint density at radius 1 is 1.11 bits per heavy atom. The zero-order valence-electron chi connectivity index (χ0n) is 15.2. The molecule has 0 aliphatic heterocycles. The molecule has 0 aliphatic rings. The lowest BCUT2D eigenvalue weighted by atomic mass is 10.2. The molecule has 0 N–H and O–H groups in total. The van der Waals surface area contributed by atoms with Gasteiger partial charge in [0, 0.05) is 19.8 Å². The Balaban J connectivity index is 2.04. The highest BCUT2D eigenvalue weighted by atomic mass is 16.2. The number of hydrogen-bond acceptors (Lipinski definition) is 6. The predicted octanol–water partition coefficient (Wildman–Crippen LogP) is -0.156. The van der Waals surface area contributed by atoms with Crippen LogP contribution >= 0.6 is 0 Å². The third-order valence-corrected chi connectivity index (χ3v) is 4.69. The van der Waals surface area contributed by atoms with Crippen LogP contribution in [0.25, 0.3) is 16.7 Å². The van der Waals surface area contributed by atoms with E-state index < -0.39 is 11.2 Å². The van der Waals surface area contributed by atoms with Gasteiger partial charge in [0.2, 0.25) is 5.78 Å². The standard InChI is InChI=1S/C18H15N7O3/c1-3-23-9-11(8-19)15(26)24(18(23)28)10-14-20-21-17-22(2)16(27)12-6-4-5-7-13(12)25(14)17/h4-7,9H,3,10H2,1-2H3. The van der Waals surface area contributed by atoms with Gasteiger partial charge in [-0.05, 0) is 19.1 Å². The van der Waals surface area contributed by atoms with Gasteiger partial charge in [0.1, 0.15) is 11.6 Å². The number of aryl methyl sites for hydroxylation is 2. The minimum atomic E-state index is -0.692. The normalized spacial score (nSPS) is 11.2. The first-order valence-corrected chi connectivity index (χ1v) is 8.54. The van der Waals surface area contributed by atoms with Crippen LogP contribution in [0.3, 0.4) is 0 Å². The summed E-state index contributed by atoms with van der Waals surface area (Å²) < 4.78 is 5.24. The van der Waals surface area contributed by atoms with Gasteiger partial charge >= 0.3 is 5.69 Å². The molecule has 1 aromatic carbocycles. The summed E-state index contributed by atoms with van der Waals surface area (Å²) in [5.74, 6) is 0.595. The molecule has 0 amide bonds. The Hall–Kier alpha value is -4.00. The Morgan fingerprint density at radius 2 is 1.86 bits per heavy atom. The van der Waals surface area contributed by atoms with Gasteiger partial charge in [-0.2, -0.15) is 5.26 Å². The lowest BCUT2D eigenvalue weighted by Gasteiger charge is -2.10. The quantitative estimate of drug-likeness (QED) is 0.489. The van der Waals surface area contributed by atoms with Crippen molar-refractivity contribution in [3.8, 4) is 6.07 Å². The molecule has 0 aliphatic carbocycles. The van der Waals surface area contributed by atoms with Gasteiger partial charge in [-0.3, -0.25) is 27.7 Å². The first-order valence-electron chi connectivity index (χ1n) is 8.54. The molecule has 4 aromatic rings. The number of aromatic nitrogens is 6. The van der Waals surface area contributed by atoms with E-state index in [0.717, 1.165) is 4.57 Å². The van der Waals surface area contributed by atoms with Gasteiger partial charge in [0.25, 0.3) is 11.1 Å². The fourth-order valence-corrected chi connectivity index (χ4v) is 3.23. The second-order valence-corrected chi connectivity index (χ2v) is 6.25. The van der Waals surface area contributed by atoms with Crippen LogP contribution in [-0.2, 0) is 20.1 Å². The molecule has 0 atom stereocenters. The first-order chi connectivity index (χ1) is 13.5. The van der Waals surface area contributed by atoms with E-state index in [1.54, 1.807) is 42.6 Å². The highest BCUT2D eigenvalue weighted by Crippen LogP contribution is 2.14. The minimum absolute atomic E-state index is 0.132. The zero-order valence-corrected chi connectivity index (χ0v) is 15.2. The molecule has 0 unspecified atom stereocenters. The first kappa shape index (κ1) is 17.4. The lowest BCUT2D eigenvalue weighted by molar-refractivity contribution is 0.583. The van der Waals surface area contributed by atoms with Gasteiger partial charge in [-0.15, -0.1) is 10.2 Å². The lowest BCUT2D eigenvalue weighted by Crippen LogP contribution is -2.41. The van der Waals surface area contributed by atoms with Crippen LogP contribution in [0.4, 0.5) is 0 Å². The average Bonchev–Trinajstić information content (AvgIpc) is 3.13. The molecule has 3 aromatic heterocycles. The van der Waals surface area contributed by atoms with Crippen molar-refractivity contribution in [2.75, 3.05) is 0 Å². The van der Waals surface area contributed by atoms with E-state index in [4.69, 9.17) is 0 Å². The van der Waals surface area contributed by atoms with E-state index in [1.807, 2.05) is 6.07 Å². The summed E-state index contributed by atoms with van der Waals surface area (Å²) in [4.78, 5) is 37.7. The summed E-state index contributed by atoms with van der Waals surface area (Å²) in [5, 5.41) is 17.8. The maximum absolute atomic E-state index is 12.6. The van der Waals surface area contributed by atoms with Crippen LogP contribution in [-0.4, -0.2) is 28.3 Å². The summed E-state index contributed by atoms with van der Waals surface area (Å²) in [6, 6.07) is 8.78. The van der Waals surface area contributed by atoms with Crippen molar-refractivity contribution in [2.24, 2.45) is 7.05 Å². The van der Waals surface area contributed by atoms with Gasteiger partial charge in [0.05, 0.1) is 17.4 Å². The molecule has 140 valence electrons. The third-order valence-electron chi connectivity index (χ3n) is 4.69. The van der Waals surface area contributed by atoms with E-state index in [-0.39, 0.29) is 17.7 Å². The second-order valence-electron chi connectivity index (χ2n) is 6.25. The number of fused-ring (bicyclic) bond motifs is 3. The Kier molecular flexibility index (Phi) is 3.93. The van der Waals surface area contributed by atoms with E-state index in [9.17, 15) is 19.6 Å². The highest BCUT2D eigenvalue weighted by Gasteiger charge is 2.18. The maximum atomic E-state index is 12.6. The Morgan fingerprint density at radius 3 is 2.57 bits per heavy atom. The van der Waals surface area contributed by atoms with Crippen molar-refractivity contribution in [1.29, 1.82) is 5.26 Å². The zero-order chi connectivity index (χ0) is 20.0. The van der Waals surface area contributed by atoms with Gasteiger partial charge < -0.3 is 0 Å². The fraction of sp³-hybridized carbons (Fsp3) is 0.222. The van der Waals surface area contributed by atoms with Crippen molar-refractivity contribution in [3.63, 3.8) is 0 Å². The monoisotopic (exact) mass is 377 g/mol. The predicted molar refractivity (Wildman–Crippen MR) is 100 cm³/mol. The largest absolute Gasteiger partial charge is 0.331 e. The molecule has 4 rings (SSSR count). The molecule has 10 nitrogen and oxygen atoms in total. The van der Waals surface area contributed by atoms with Crippen LogP contribution in [0, 0.1) is 11.3 Å². The summed E-state index contributed by atoms with van der Waals surface area (Å²) in [6.07, 6.45) is 1.25. The van der Waals surface area contributed by atoms with Crippen LogP contribution in [0.15, 0.2) is 44.8 Å². The molecule has 28 heavy (non-hydrogen) atoms. The minimum Gasteiger partial charge on any atom is -0.299 e. The number of hydrogen-bond donors (Lipinski definition) is 0. The molecule has 0 bridgehead atoms. The second kappa shape index (κ2) is 6.31. The molecular weight excluding hydrogens is 362 g/mol. The third kappa shape index (κ3) is 2.37. The Labute approximate surface area is 157 Å². The number of benzene rings is 1. The van der Waals surface area contributed by atoms with Crippen LogP contribution < -0.4 is 16.8 Å². The van der Waals surface area contributed by atoms with E-state index in [2.05, 4.69) is 10.2 Å². The summed E-state index contributed by atoms with van der Waals surface area (Å²) >= 11 is 0. The smallest absolute Gasteiger partial charge is 0.299 e. The number of nitriles is 1.